The first-order valence-corrected chi connectivity index (χ1v) is 8.71. The van der Waals surface area contributed by atoms with E-state index in [0.29, 0.717) is 34.3 Å². The maximum atomic E-state index is 12.7. The standard InChI is InChI=1S/C20H21N3O7/c1-25-12-6-7-13(14(10-12)26-2)19-22-23-20(30-19)21-18(24)11-8-15(27-3)17(29-5)16(9-11)28-4/h6-10H,1-5H3,(H,21,23,24). The van der Waals surface area contributed by atoms with E-state index >= 15 is 0 Å². The number of hydrogen-bond acceptors (Lipinski definition) is 9. The molecular weight excluding hydrogens is 394 g/mol. The van der Waals surface area contributed by atoms with Crippen molar-refractivity contribution in [1.29, 1.82) is 0 Å². The van der Waals surface area contributed by atoms with Crippen LogP contribution in [-0.4, -0.2) is 51.7 Å². The monoisotopic (exact) mass is 415 g/mol. The summed E-state index contributed by atoms with van der Waals surface area (Å²) in [5, 5.41) is 10.4. The molecule has 30 heavy (non-hydrogen) atoms. The van der Waals surface area contributed by atoms with E-state index in [0.717, 1.165) is 0 Å². The van der Waals surface area contributed by atoms with E-state index in [2.05, 4.69) is 15.5 Å². The van der Waals surface area contributed by atoms with Crippen molar-refractivity contribution in [3.05, 3.63) is 35.9 Å². The molecule has 0 aliphatic carbocycles. The van der Waals surface area contributed by atoms with Crippen molar-refractivity contribution in [2.45, 2.75) is 0 Å². The van der Waals surface area contributed by atoms with Gasteiger partial charge < -0.3 is 28.1 Å². The number of rotatable bonds is 8. The summed E-state index contributed by atoms with van der Waals surface area (Å²) in [4.78, 5) is 12.7. The van der Waals surface area contributed by atoms with Crippen LogP contribution in [0.15, 0.2) is 34.7 Å². The maximum Gasteiger partial charge on any atom is 0.322 e. The Balaban J connectivity index is 1.85. The van der Waals surface area contributed by atoms with Crippen LogP contribution < -0.4 is 29.0 Å². The van der Waals surface area contributed by atoms with Crippen LogP contribution in [0.25, 0.3) is 11.5 Å². The molecule has 1 N–H and O–H groups in total. The van der Waals surface area contributed by atoms with Crippen molar-refractivity contribution >= 4 is 11.9 Å². The maximum absolute atomic E-state index is 12.7. The third-order valence-corrected chi connectivity index (χ3v) is 4.21. The highest BCUT2D eigenvalue weighted by atomic mass is 16.5. The van der Waals surface area contributed by atoms with Gasteiger partial charge in [0.15, 0.2) is 11.5 Å². The van der Waals surface area contributed by atoms with Gasteiger partial charge in [0, 0.05) is 11.6 Å². The van der Waals surface area contributed by atoms with E-state index in [1.807, 2.05) is 0 Å². The van der Waals surface area contributed by atoms with Crippen molar-refractivity contribution in [2.24, 2.45) is 0 Å². The molecule has 0 unspecified atom stereocenters. The quantitative estimate of drug-likeness (QED) is 0.593. The third kappa shape index (κ3) is 4.07. The van der Waals surface area contributed by atoms with Crippen LogP contribution in [-0.2, 0) is 0 Å². The van der Waals surface area contributed by atoms with Crippen LogP contribution >= 0.6 is 0 Å². The highest BCUT2D eigenvalue weighted by Gasteiger charge is 2.20. The van der Waals surface area contributed by atoms with Gasteiger partial charge in [-0.25, -0.2) is 0 Å². The Hall–Kier alpha value is -3.95. The van der Waals surface area contributed by atoms with Crippen LogP contribution in [0.4, 0.5) is 6.01 Å². The first-order chi connectivity index (χ1) is 14.5. The van der Waals surface area contributed by atoms with Crippen molar-refractivity contribution in [3.8, 4) is 40.2 Å². The minimum Gasteiger partial charge on any atom is -0.497 e. The minimum atomic E-state index is -0.494. The second-order valence-electron chi connectivity index (χ2n) is 5.85. The van der Waals surface area contributed by atoms with Gasteiger partial charge in [-0.3, -0.25) is 10.1 Å². The zero-order valence-electron chi connectivity index (χ0n) is 17.1. The van der Waals surface area contributed by atoms with Gasteiger partial charge in [-0.1, -0.05) is 5.10 Å². The number of anilines is 1. The predicted molar refractivity (Wildman–Crippen MR) is 107 cm³/mol. The van der Waals surface area contributed by atoms with Crippen molar-refractivity contribution in [2.75, 3.05) is 40.9 Å². The first kappa shape index (κ1) is 20.8. The molecule has 0 bridgehead atoms. The largest absolute Gasteiger partial charge is 0.497 e. The average molecular weight is 415 g/mol. The van der Waals surface area contributed by atoms with Gasteiger partial charge in [0.05, 0.1) is 41.1 Å². The van der Waals surface area contributed by atoms with Gasteiger partial charge in [0.1, 0.15) is 11.5 Å². The average Bonchev–Trinajstić information content (AvgIpc) is 3.25. The smallest absolute Gasteiger partial charge is 0.322 e. The van der Waals surface area contributed by atoms with E-state index in [4.69, 9.17) is 28.1 Å². The molecule has 0 fully saturated rings. The van der Waals surface area contributed by atoms with Gasteiger partial charge in [-0.05, 0) is 24.3 Å². The predicted octanol–water partition coefficient (Wildman–Crippen LogP) is 3.03. The van der Waals surface area contributed by atoms with Gasteiger partial charge in [0.2, 0.25) is 5.75 Å². The molecule has 0 aliphatic heterocycles. The molecule has 3 rings (SSSR count). The second-order valence-corrected chi connectivity index (χ2v) is 5.85. The summed E-state index contributed by atoms with van der Waals surface area (Å²) in [5.41, 5.74) is 0.811. The number of carbonyl (C=O) groups is 1. The zero-order valence-corrected chi connectivity index (χ0v) is 17.1. The number of nitrogens with zero attached hydrogens (tertiary/aromatic N) is 2. The number of methoxy groups -OCH3 is 5. The Bertz CT molecular complexity index is 1020. The fourth-order valence-electron chi connectivity index (χ4n) is 2.74. The second kappa shape index (κ2) is 9.03. The van der Waals surface area contributed by atoms with Crippen molar-refractivity contribution in [1.82, 2.24) is 10.2 Å². The molecule has 3 aromatic rings. The highest BCUT2D eigenvalue weighted by molar-refractivity contribution is 6.04. The summed E-state index contributed by atoms with van der Waals surface area (Å²) in [6.07, 6.45) is 0. The third-order valence-electron chi connectivity index (χ3n) is 4.21. The Kier molecular flexibility index (Phi) is 6.26. The molecule has 158 valence electrons. The molecule has 0 saturated carbocycles. The fourth-order valence-corrected chi connectivity index (χ4v) is 2.74. The number of ether oxygens (including phenoxy) is 5. The normalized spacial score (nSPS) is 10.3. The number of nitrogens with one attached hydrogen (secondary N) is 1. The Morgan fingerprint density at radius 1 is 0.833 bits per heavy atom. The molecule has 0 aliphatic rings. The van der Waals surface area contributed by atoms with E-state index in [1.165, 1.54) is 40.6 Å². The van der Waals surface area contributed by atoms with Crippen LogP contribution in [0.1, 0.15) is 10.4 Å². The molecule has 10 nitrogen and oxygen atoms in total. The summed E-state index contributed by atoms with van der Waals surface area (Å²) in [5.74, 6) is 1.85. The summed E-state index contributed by atoms with van der Waals surface area (Å²) < 4.78 is 31.9. The first-order valence-electron chi connectivity index (χ1n) is 8.71. The Morgan fingerprint density at radius 3 is 2.07 bits per heavy atom. The Morgan fingerprint density at radius 2 is 1.50 bits per heavy atom. The van der Waals surface area contributed by atoms with Gasteiger partial charge in [-0.2, -0.15) is 0 Å². The van der Waals surface area contributed by atoms with Crippen LogP contribution in [0.5, 0.6) is 28.7 Å². The molecule has 0 spiro atoms. The molecule has 2 aromatic carbocycles. The zero-order chi connectivity index (χ0) is 21.7. The van der Waals surface area contributed by atoms with E-state index in [1.54, 1.807) is 25.3 Å². The van der Waals surface area contributed by atoms with Gasteiger partial charge in [-0.15, -0.1) is 5.10 Å². The van der Waals surface area contributed by atoms with E-state index < -0.39 is 5.91 Å². The molecule has 0 atom stereocenters. The van der Waals surface area contributed by atoms with Gasteiger partial charge in [0.25, 0.3) is 11.8 Å². The molecular formula is C20H21N3O7. The molecule has 0 saturated heterocycles. The molecule has 1 amide bonds. The molecule has 1 aromatic heterocycles. The van der Waals surface area contributed by atoms with Crippen molar-refractivity contribution < 1.29 is 32.9 Å². The number of hydrogen-bond donors (Lipinski definition) is 1. The number of carbonyl (C=O) groups excluding carboxylic acids is 1. The van der Waals surface area contributed by atoms with E-state index in [-0.39, 0.29) is 17.5 Å². The van der Waals surface area contributed by atoms with Crippen LogP contribution in [0, 0.1) is 0 Å². The fraction of sp³-hybridized carbons (Fsp3) is 0.250. The minimum absolute atomic E-state index is 0.0818. The lowest BCUT2D eigenvalue weighted by Crippen LogP contribution is -2.13. The van der Waals surface area contributed by atoms with Crippen molar-refractivity contribution in [3.63, 3.8) is 0 Å². The summed E-state index contributed by atoms with van der Waals surface area (Å²) >= 11 is 0. The van der Waals surface area contributed by atoms with Crippen LogP contribution in [0.3, 0.4) is 0 Å². The molecule has 1 heterocycles. The summed E-state index contributed by atoms with van der Waals surface area (Å²) in [6, 6.07) is 8.09. The highest BCUT2D eigenvalue weighted by Crippen LogP contribution is 2.38. The lowest BCUT2D eigenvalue weighted by molar-refractivity contribution is 0.102. The number of amides is 1. The van der Waals surface area contributed by atoms with Gasteiger partial charge >= 0.3 is 6.01 Å². The number of benzene rings is 2. The molecule has 10 heteroatoms. The molecule has 0 radical (unpaired) electrons. The topological polar surface area (TPSA) is 114 Å². The number of aromatic nitrogens is 2. The lowest BCUT2D eigenvalue weighted by atomic mass is 10.1. The summed E-state index contributed by atoms with van der Waals surface area (Å²) in [7, 11) is 7.48. The lowest BCUT2D eigenvalue weighted by Gasteiger charge is -2.13. The SMILES string of the molecule is COc1ccc(-c2nnc(NC(=O)c3cc(OC)c(OC)c(OC)c3)o2)c(OC)c1. The van der Waals surface area contributed by atoms with E-state index in [9.17, 15) is 4.79 Å². The Labute approximate surface area is 172 Å². The summed E-state index contributed by atoms with van der Waals surface area (Å²) in [6.45, 7) is 0. The van der Waals surface area contributed by atoms with Crippen LogP contribution in [0.2, 0.25) is 0 Å².